The zero-order valence-electron chi connectivity index (χ0n) is 9.27. The van der Waals surface area contributed by atoms with Gasteiger partial charge in [0.1, 0.15) is 0 Å². The van der Waals surface area contributed by atoms with Crippen molar-refractivity contribution in [3.63, 3.8) is 0 Å². The first kappa shape index (κ1) is 9.91. The normalized spacial score (nSPS) is 10.3. The molecule has 0 bridgehead atoms. The lowest BCUT2D eigenvalue weighted by atomic mass is 10.2. The lowest BCUT2D eigenvalue weighted by Crippen LogP contribution is -2.37. The molecule has 1 heteroatoms. The molecule has 0 saturated carbocycles. The Kier molecular flexibility index (Phi) is 2.82. The quantitative estimate of drug-likeness (QED) is 0.653. The molecule has 0 spiro atoms. The average Bonchev–Trinajstić information content (AvgIpc) is 2.24. The fourth-order valence-electron chi connectivity index (χ4n) is 1.74. The Morgan fingerprint density at radius 2 is 1.73 bits per heavy atom. The van der Waals surface area contributed by atoms with Crippen LogP contribution in [0, 0.1) is 13.8 Å². The van der Waals surface area contributed by atoms with Crippen LogP contribution in [0.15, 0.2) is 48.7 Å². The van der Waals surface area contributed by atoms with Gasteiger partial charge in [0.2, 0.25) is 0 Å². The van der Waals surface area contributed by atoms with Crippen molar-refractivity contribution in [2.75, 3.05) is 0 Å². The molecule has 15 heavy (non-hydrogen) atoms. The van der Waals surface area contributed by atoms with Crippen molar-refractivity contribution in [2.24, 2.45) is 0 Å². The van der Waals surface area contributed by atoms with Gasteiger partial charge < -0.3 is 0 Å². The van der Waals surface area contributed by atoms with Crippen molar-refractivity contribution in [3.8, 4) is 0 Å². The molecule has 0 aliphatic heterocycles. The second-order valence-corrected chi connectivity index (χ2v) is 3.96. The van der Waals surface area contributed by atoms with Gasteiger partial charge in [0.25, 0.3) is 0 Å². The number of pyridine rings is 1. The van der Waals surface area contributed by atoms with Gasteiger partial charge in [-0.05, 0) is 12.5 Å². The van der Waals surface area contributed by atoms with E-state index >= 15 is 0 Å². The SMILES string of the molecule is Cc1cc[n+](Cc2ccccc2)c(C)c1. The largest absolute Gasteiger partial charge is 0.198 e. The van der Waals surface area contributed by atoms with Crippen LogP contribution in [0.25, 0.3) is 0 Å². The molecule has 0 fully saturated rings. The monoisotopic (exact) mass is 198 g/mol. The van der Waals surface area contributed by atoms with Crippen LogP contribution in [0.4, 0.5) is 0 Å². The van der Waals surface area contributed by atoms with Crippen molar-refractivity contribution in [2.45, 2.75) is 20.4 Å². The van der Waals surface area contributed by atoms with E-state index in [1.165, 1.54) is 16.8 Å². The van der Waals surface area contributed by atoms with E-state index in [-0.39, 0.29) is 0 Å². The lowest BCUT2D eigenvalue weighted by molar-refractivity contribution is -0.694. The molecule has 2 rings (SSSR count). The van der Waals surface area contributed by atoms with Crippen LogP contribution in [-0.2, 0) is 6.54 Å². The van der Waals surface area contributed by atoms with Gasteiger partial charge in [-0.15, -0.1) is 0 Å². The van der Waals surface area contributed by atoms with Crippen molar-refractivity contribution in [1.29, 1.82) is 0 Å². The van der Waals surface area contributed by atoms with Gasteiger partial charge in [0.15, 0.2) is 18.4 Å². The summed E-state index contributed by atoms with van der Waals surface area (Å²) in [5.74, 6) is 0. The van der Waals surface area contributed by atoms with Crippen LogP contribution in [0.2, 0.25) is 0 Å². The Labute approximate surface area is 91.0 Å². The summed E-state index contributed by atoms with van der Waals surface area (Å²) in [5, 5.41) is 0. The summed E-state index contributed by atoms with van der Waals surface area (Å²) >= 11 is 0. The molecular formula is C14H16N+. The molecule has 0 atom stereocenters. The summed E-state index contributed by atoms with van der Waals surface area (Å²) in [4.78, 5) is 0. The van der Waals surface area contributed by atoms with Crippen LogP contribution < -0.4 is 4.57 Å². The van der Waals surface area contributed by atoms with Crippen molar-refractivity contribution in [1.82, 2.24) is 0 Å². The van der Waals surface area contributed by atoms with Gasteiger partial charge in [-0.1, -0.05) is 30.3 Å². The zero-order chi connectivity index (χ0) is 10.7. The molecule has 1 aromatic carbocycles. The molecular weight excluding hydrogens is 182 g/mol. The highest BCUT2D eigenvalue weighted by Crippen LogP contribution is 2.01. The van der Waals surface area contributed by atoms with Crippen molar-refractivity contribution < 1.29 is 4.57 Å². The van der Waals surface area contributed by atoms with Gasteiger partial charge in [0, 0.05) is 24.6 Å². The van der Waals surface area contributed by atoms with Gasteiger partial charge in [-0.2, -0.15) is 4.57 Å². The predicted octanol–water partition coefficient (Wildman–Crippen LogP) is 2.64. The summed E-state index contributed by atoms with van der Waals surface area (Å²) in [6.07, 6.45) is 2.15. The maximum atomic E-state index is 2.27. The first-order chi connectivity index (χ1) is 7.25. The molecule has 2 aromatic rings. The van der Waals surface area contributed by atoms with Gasteiger partial charge in [0.05, 0.1) is 0 Å². The topological polar surface area (TPSA) is 3.88 Å². The van der Waals surface area contributed by atoms with Crippen LogP contribution in [0.5, 0.6) is 0 Å². The van der Waals surface area contributed by atoms with Gasteiger partial charge >= 0.3 is 0 Å². The van der Waals surface area contributed by atoms with E-state index in [0.717, 1.165) is 6.54 Å². The first-order valence-electron chi connectivity index (χ1n) is 5.26. The molecule has 0 radical (unpaired) electrons. The second-order valence-electron chi connectivity index (χ2n) is 3.96. The minimum atomic E-state index is 0.951. The molecule has 0 aliphatic carbocycles. The number of benzene rings is 1. The zero-order valence-corrected chi connectivity index (χ0v) is 9.27. The van der Waals surface area contributed by atoms with E-state index < -0.39 is 0 Å². The third-order valence-corrected chi connectivity index (χ3v) is 2.60. The Hall–Kier alpha value is -1.63. The Morgan fingerprint density at radius 1 is 1.00 bits per heavy atom. The Morgan fingerprint density at radius 3 is 2.40 bits per heavy atom. The predicted molar refractivity (Wildman–Crippen MR) is 61.7 cm³/mol. The fourth-order valence-corrected chi connectivity index (χ4v) is 1.74. The van der Waals surface area contributed by atoms with Gasteiger partial charge in [-0.25, -0.2) is 0 Å². The third-order valence-electron chi connectivity index (χ3n) is 2.60. The summed E-state index contributed by atoms with van der Waals surface area (Å²) in [5.41, 5.74) is 3.96. The fraction of sp³-hybridized carbons (Fsp3) is 0.214. The number of hydrogen-bond acceptors (Lipinski definition) is 0. The maximum Gasteiger partial charge on any atom is 0.178 e. The highest BCUT2D eigenvalue weighted by atomic mass is 14.9. The Balaban J connectivity index is 2.25. The van der Waals surface area contributed by atoms with Crippen LogP contribution in [0.1, 0.15) is 16.8 Å². The molecule has 1 aromatic heterocycles. The molecule has 1 nitrogen and oxygen atoms in total. The molecule has 76 valence electrons. The molecule has 0 N–H and O–H groups in total. The first-order valence-corrected chi connectivity index (χ1v) is 5.26. The lowest BCUT2D eigenvalue weighted by Gasteiger charge is -2.01. The van der Waals surface area contributed by atoms with E-state index in [9.17, 15) is 0 Å². The molecule has 1 heterocycles. The molecule has 0 amide bonds. The van der Waals surface area contributed by atoms with Crippen molar-refractivity contribution >= 4 is 0 Å². The van der Waals surface area contributed by atoms with Crippen LogP contribution in [-0.4, -0.2) is 0 Å². The van der Waals surface area contributed by atoms with Crippen molar-refractivity contribution in [3.05, 3.63) is 65.5 Å². The minimum Gasteiger partial charge on any atom is -0.198 e. The minimum absolute atomic E-state index is 0.951. The van der Waals surface area contributed by atoms with Crippen LogP contribution in [0.3, 0.4) is 0 Å². The average molecular weight is 198 g/mol. The Bertz CT molecular complexity index is 446. The van der Waals surface area contributed by atoms with Crippen LogP contribution >= 0.6 is 0 Å². The summed E-state index contributed by atoms with van der Waals surface area (Å²) < 4.78 is 2.27. The second kappa shape index (κ2) is 4.26. The highest BCUT2D eigenvalue weighted by Gasteiger charge is 2.06. The molecule has 0 unspecified atom stereocenters. The number of rotatable bonds is 2. The van der Waals surface area contributed by atoms with E-state index in [1.807, 2.05) is 0 Å². The number of nitrogens with zero attached hydrogens (tertiary/aromatic N) is 1. The number of aryl methyl sites for hydroxylation is 2. The summed E-state index contributed by atoms with van der Waals surface area (Å²) in [6, 6.07) is 14.9. The van der Waals surface area contributed by atoms with E-state index in [4.69, 9.17) is 0 Å². The molecule has 0 saturated heterocycles. The maximum absolute atomic E-state index is 2.27. The summed E-state index contributed by atoms with van der Waals surface area (Å²) in [7, 11) is 0. The standard InChI is InChI=1S/C14H16N/c1-12-8-9-15(13(2)10-12)11-14-6-4-3-5-7-14/h3-10H,11H2,1-2H3/q+1. The summed E-state index contributed by atoms with van der Waals surface area (Å²) in [6.45, 7) is 5.22. The van der Waals surface area contributed by atoms with E-state index in [2.05, 4.69) is 67.1 Å². The smallest absolute Gasteiger partial charge is 0.178 e. The number of hydrogen-bond donors (Lipinski definition) is 0. The van der Waals surface area contributed by atoms with E-state index in [1.54, 1.807) is 0 Å². The molecule has 0 aliphatic rings. The number of aromatic nitrogens is 1. The highest BCUT2D eigenvalue weighted by molar-refractivity contribution is 5.14. The van der Waals surface area contributed by atoms with E-state index in [0.29, 0.717) is 0 Å². The third kappa shape index (κ3) is 2.44. The van der Waals surface area contributed by atoms with Gasteiger partial charge in [-0.3, -0.25) is 0 Å².